The van der Waals surface area contributed by atoms with Crippen LogP contribution >= 0.6 is 11.6 Å². The summed E-state index contributed by atoms with van der Waals surface area (Å²) in [6.45, 7) is 6.46. The number of nitrogens with zero attached hydrogens (tertiary/aromatic N) is 1. The lowest BCUT2D eigenvalue weighted by molar-refractivity contribution is 0.0186. The molecule has 1 heterocycles. The van der Waals surface area contributed by atoms with Gasteiger partial charge in [-0.05, 0) is 44.9 Å². The number of halogens is 2. The van der Waals surface area contributed by atoms with Crippen molar-refractivity contribution in [1.29, 1.82) is 0 Å². The smallest absolute Gasteiger partial charge is 0.410 e. The van der Waals surface area contributed by atoms with Crippen molar-refractivity contribution in [3.8, 4) is 0 Å². The van der Waals surface area contributed by atoms with Crippen LogP contribution in [0.25, 0.3) is 0 Å². The van der Waals surface area contributed by atoms with Crippen molar-refractivity contribution in [3.05, 3.63) is 34.6 Å². The first-order valence-electron chi connectivity index (χ1n) is 7.36. The van der Waals surface area contributed by atoms with Crippen molar-refractivity contribution in [3.63, 3.8) is 0 Å². The van der Waals surface area contributed by atoms with Crippen molar-refractivity contribution in [2.24, 2.45) is 5.73 Å². The molecule has 1 aliphatic rings. The van der Waals surface area contributed by atoms with Gasteiger partial charge in [-0.15, -0.1) is 0 Å². The summed E-state index contributed by atoms with van der Waals surface area (Å²) in [5.74, 6) is -0.387. The Morgan fingerprint density at radius 3 is 2.68 bits per heavy atom. The number of rotatable bonds is 1. The number of nitrogens with two attached hydrogens (primary N) is 1. The van der Waals surface area contributed by atoms with Crippen LogP contribution in [0.5, 0.6) is 0 Å². The van der Waals surface area contributed by atoms with Crippen LogP contribution in [-0.2, 0) is 4.74 Å². The second-order valence-corrected chi connectivity index (χ2v) is 7.07. The number of carbonyl (C=O) groups is 1. The Labute approximate surface area is 135 Å². The van der Waals surface area contributed by atoms with Crippen LogP contribution in [0.1, 0.15) is 38.7 Å². The molecule has 2 N–H and O–H groups in total. The molecular weight excluding hydrogens is 307 g/mol. The van der Waals surface area contributed by atoms with Crippen molar-refractivity contribution < 1.29 is 13.9 Å². The Hall–Kier alpha value is -1.33. The minimum Gasteiger partial charge on any atom is -0.444 e. The molecule has 0 aromatic heterocycles. The summed E-state index contributed by atoms with van der Waals surface area (Å²) in [6, 6.07) is 4.44. The average Bonchev–Trinajstić information content (AvgIpc) is 2.40. The summed E-state index contributed by atoms with van der Waals surface area (Å²) in [7, 11) is 0. The van der Waals surface area contributed by atoms with Gasteiger partial charge in [0, 0.05) is 25.0 Å². The first kappa shape index (κ1) is 17.0. The minimum atomic E-state index is -0.525. The van der Waals surface area contributed by atoms with Gasteiger partial charge in [0.1, 0.15) is 11.4 Å². The van der Waals surface area contributed by atoms with Crippen LogP contribution in [0.4, 0.5) is 9.18 Å². The second-order valence-electron chi connectivity index (χ2n) is 6.66. The van der Waals surface area contributed by atoms with E-state index in [4.69, 9.17) is 22.1 Å². The molecule has 0 bridgehead atoms. The van der Waals surface area contributed by atoms with Crippen LogP contribution in [-0.4, -0.2) is 35.7 Å². The standard InChI is InChI=1S/C16H22ClFN2O2/c1-16(2,3)22-15(21)20-7-6-11(14(19)9-20)10-4-5-13(18)12(17)8-10/h4-5,8,11,14H,6-7,9,19H2,1-3H3/t11-,14-/m0/s1. The minimum absolute atomic E-state index is 0.0526. The molecule has 6 heteroatoms. The van der Waals surface area contributed by atoms with Gasteiger partial charge in [-0.1, -0.05) is 17.7 Å². The van der Waals surface area contributed by atoms with E-state index in [0.29, 0.717) is 19.5 Å². The van der Waals surface area contributed by atoms with E-state index in [0.717, 1.165) is 5.56 Å². The average molecular weight is 329 g/mol. The quantitative estimate of drug-likeness (QED) is 0.858. The number of piperidine rings is 1. The van der Waals surface area contributed by atoms with Gasteiger partial charge in [-0.25, -0.2) is 9.18 Å². The molecule has 122 valence electrons. The Kier molecular flexibility index (Phi) is 4.97. The molecule has 0 radical (unpaired) electrons. The monoisotopic (exact) mass is 328 g/mol. The predicted molar refractivity (Wildman–Crippen MR) is 84.6 cm³/mol. The summed E-state index contributed by atoms with van der Waals surface area (Å²) < 4.78 is 18.6. The van der Waals surface area contributed by atoms with E-state index in [1.54, 1.807) is 17.0 Å². The SMILES string of the molecule is CC(C)(C)OC(=O)N1CC[C@@H](c2ccc(F)c(Cl)c2)[C@@H](N)C1. The van der Waals surface area contributed by atoms with Gasteiger partial charge in [0.25, 0.3) is 0 Å². The Morgan fingerprint density at radius 1 is 1.45 bits per heavy atom. The number of benzene rings is 1. The molecule has 4 nitrogen and oxygen atoms in total. The summed E-state index contributed by atoms with van der Waals surface area (Å²) >= 11 is 5.83. The molecule has 2 atom stereocenters. The lowest BCUT2D eigenvalue weighted by Crippen LogP contribution is -2.50. The van der Waals surface area contributed by atoms with E-state index >= 15 is 0 Å². The molecule has 1 aromatic rings. The van der Waals surface area contributed by atoms with E-state index in [-0.39, 0.29) is 23.1 Å². The van der Waals surface area contributed by atoms with E-state index in [1.807, 2.05) is 20.8 Å². The van der Waals surface area contributed by atoms with Crippen LogP contribution < -0.4 is 5.73 Å². The highest BCUT2D eigenvalue weighted by Crippen LogP contribution is 2.30. The molecule has 2 rings (SSSR count). The molecule has 1 saturated heterocycles. The van der Waals surface area contributed by atoms with E-state index < -0.39 is 11.4 Å². The number of hydrogen-bond donors (Lipinski definition) is 1. The van der Waals surface area contributed by atoms with Gasteiger partial charge < -0.3 is 15.4 Å². The largest absolute Gasteiger partial charge is 0.444 e. The number of ether oxygens (including phenoxy) is 1. The number of hydrogen-bond acceptors (Lipinski definition) is 3. The Balaban J connectivity index is 2.03. The number of carbonyl (C=O) groups excluding carboxylic acids is 1. The topological polar surface area (TPSA) is 55.6 Å². The fraction of sp³-hybridized carbons (Fsp3) is 0.562. The third kappa shape index (κ3) is 4.11. The molecule has 0 spiro atoms. The molecule has 0 saturated carbocycles. The zero-order chi connectivity index (χ0) is 16.5. The Morgan fingerprint density at radius 2 is 2.14 bits per heavy atom. The van der Waals surface area contributed by atoms with Crippen molar-refractivity contribution in [1.82, 2.24) is 4.90 Å². The molecule has 1 fully saturated rings. The summed E-state index contributed by atoms with van der Waals surface area (Å²) in [6.07, 6.45) is 0.348. The van der Waals surface area contributed by atoms with E-state index in [1.165, 1.54) is 6.07 Å². The van der Waals surface area contributed by atoms with Crippen LogP contribution in [0.15, 0.2) is 18.2 Å². The Bertz CT molecular complexity index is 560. The van der Waals surface area contributed by atoms with Gasteiger partial charge in [0.15, 0.2) is 0 Å². The van der Waals surface area contributed by atoms with Crippen LogP contribution in [0.2, 0.25) is 5.02 Å². The molecule has 0 unspecified atom stereocenters. The predicted octanol–water partition coefficient (Wildman–Crippen LogP) is 3.53. The third-order valence-corrected chi connectivity index (χ3v) is 3.97. The highest BCUT2D eigenvalue weighted by molar-refractivity contribution is 6.30. The zero-order valence-electron chi connectivity index (χ0n) is 13.1. The highest BCUT2D eigenvalue weighted by Gasteiger charge is 2.32. The van der Waals surface area contributed by atoms with Crippen LogP contribution in [0.3, 0.4) is 0 Å². The molecule has 0 aliphatic carbocycles. The maximum absolute atomic E-state index is 13.3. The first-order chi connectivity index (χ1) is 10.2. The summed E-state index contributed by atoms with van der Waals surface area (Å²) in [4.78, 5) is 13.7. The normalized spacial score (nSPS) is 22.5. The fourth-order valence-corrected chi connectivity index (χ4v) is 2.82. The first-order valence-corrected chi connectivity index (χ1v) is 7.73. The van der Waals surface area contributed by atoms with Crippen molar-refractivity contribution in [2.45, 2.75) is 44.8 Å². The molecule has 1 amide bonds. The lowest BCUT2D eigenvalue weighted by Gasteiger charge is -2.37. The zero-order valence-corrected chi connectivity index (χ0v) is 13.9. The van der Waals surface area contributed by atoms with Crippen molar-refractivity contribution in [2.75, 3.05) is 13.1 Å². The third-order valence-electron chi connectivity index (χ3n) is 3.68. The number of amides is 1. The maximum atomic E-state index is 13.3. The van der Waals surface area contributed by atoms with E-state index in [2.05, 4.69) is 0 Å². The van der Waals surface area contributed by atoms with E-state index in [9.17, 15) is 9.18 Å². The highest BCUT2D eigenvalue weighted by atomic mass is 35.5. The second kappa shape index (κ2) is 6.42. The van der Waals surface area contributed by atoms with Gasteiger partial charge in [-0.2, -0.15) is 0 Å². The summed E-state index contributed by atoms with van der Waals surface area (Å²) in [5, 5.41) is 0.0965. The molecule has 22 heavy (non-hydrogen) atoms. The van der Waals surface area contributed by atoms with Crippen LogP contribution in [0, 0.1) is 5.82 Å². The van der Waals surface area contributed by atoms with Gasteiger partial charge >= 0.3 is 6.09 Å². The van der Waals surface area contributed by atoms with Crippen molar-refractivity contribution >= 4 is 17.7 Å². The van der Waals surface area contributed by atoms with Gasteiger partial charge in [0.2, 0.25) is 0 Å². The molecular formula is C16H22ClFN2O2. The fourth-order valence-electron chi connectivity index (χ4n) is 2.63. The number of likely N-dealkylation sites (tertiary alicyclic amines) is 1. The molecule has 1 aromatic carbocycles. The van der Waals surface area contributed by atoms with Gasteiger partial charge in [-0.3, -0.25) is 0 Å². The van der Waals surface area contributed by atoms with Gasteiger partial charge in [0.05, 0.1) is 5.02 Å². The maximum Gasteiger partial charge on any atom is 0.410 e. The lowest BCUT2D eigenvalue weighted by atomic mass is 9.86. The molecule has 1 aliphatic heterocycles. The summed E-state index contributed by atoms with van der Waals surface area (Å²) in [5.41, 5.74) is 6.58.